The normalized spacial score (nSPS) is 22.1. The molecule has 1 saturated carbocycles. The molecule has 70 valence electrons. The number of benzene rings is 1. The van der Waals surface area contributed by atoms with Gasteiger partial charge in [-0.05, 0) is 31.2 Å². The van der Waals surface area contributed by atoms with Gasteiger partial charge in [0.25, 0.3) is 0 Å². The van der Waals surface area contributed by atoms with Gasteiger partial charge in [-0.3, -0.25) is 0 Å². The van der Waals surface area contributed by atoms with Crippen LogP contribution in [-0.2, 0) is 6.54 Å². The zero-order valence-corrected chi connectivity index (χ0v) is 8.09. The summed E-state index contributed by atoms with van der Waals surface area (Å²) in [6.45, 7) is 2.78. The molecule has 0 radical (unpaired) electrons. The second-order valence-corrected chi connectivity index (χ2v) is 3.80. The summed E-state index contributed by atoms with van der Waals surface area (Å²) in [5.74, 6) is 0.561. The minimum absolute atomic E-state index is 0.435. The lowest BCUT2D eigenvalue weighted by atomic mass is 10.2. The first-order valence-corrected chi connectivity index (χ1v) is 4.97. The molecule has 1 aromatic rings. The molecule has 1 aliphatic rings. The third kappa shape index (κ3) is 2.56. The Labute approximate surface area is 81.6 Å². The average molecular weight is 176 g/mol. The SMILES string of the molecule is [2H][C@@](C)(NCc1ccccc1)C1CC1. The van der Waals surface area contributed by atoms with E-state index < -0.39 is 6.02 Å². The summed E-state index contributed by atoms with van der Waals surface area (Å²) in [4.78, 5) is 0. The van der Waals surface area contributed by atoms with Crippen LogP contribution >= 0.6 is 0 Å². The molecule has 2 rings (SSSR count). The van der Waals surface area contributed by atoms with E-state index in [1.165, 1.54) is 18.4 Å². The highest BCUT2D eigenvalue weighted by atomic mass is 14.9. The predicted molar refractivity (Wildman–Crippen MR) is 55.5 cm³/mol. The summed E-state index contributed by atoms with van der Waals surface area (Å²) in [5, 5.41) is 3.30. The molecule has 1 atom stereocenters. The molecule has 0 saturated heterocycles. The molecule has 1 aromatic carbocycles. The molecule has 0 unspecified atom stereocenters. The molecule has 0 heterocycles. The number of hydrogen-bond donors (Lipinski definition) is 1. The van der Waals surface area contributed by atoms with Crippen molar-refractivity contribution in [1.29, 1.82) is 0 Å². The van der Waals surface area contributed by atoms with Crippen molar-refractivity contribution in [3.05, 3.63) is 35.9 Å². The fourth-order valence-corrected chi connectivity index (χ4v) is 1.50. The van der Waals surface area contributed by atoms with E-state index in [-0.39, 0.29) is 0 Å². The molecule has 0 aromatic heterocycles. The van der Waals surface area contributed by atoms with Crippen LogP contribution in [0.25, 0.3) is 0 Å². The molecule has 1 nitrogen and oxygen atoms in total. The summed E-state index contributed by atoms with van der Waals surface area (Å²) < 4.78 is 8.08. The van der Waals surface area contributed by atoms with E-state index in [1.54, 1.807) is 0 Å². The Morgan fingerprint density at radius 1 is 1.46 bits per heavy atom. The molecule has 0 bridgehead atoms. The Bertz CT molecular complexity index is 290. The molecule has 1 heteroatoms. The quantitative estimate of drug-likeness (QED) is 0.743. The van der Waals surface area contributed by atoms with Gasteiger partial charge in [0.15, 0.2) is 0 Å². The minimum Gasteiger partial charge on any atom is -0.310 e. The first-order valence-electron chi connectivity index (χ1n) is 5.47. The predicted octanol–water partition coefficient (Wildman–Crippen LogP) is 2.57. The molecule has 0 amide bonds. The standard InChI is InChI=1S/C12H17N/c1-10(12-7-8-12)13-9-11-5-3-2-4-6-11/h2-6,10,12-13H,7-9H2,1H3/t10-/m0/s1/i10D. The van der Waals surface area contributed by atoms with Crippen molar-refractivity contribution in [2.45, 2.75) is 32.3 Å². The Balaban J connectivity index is 1.87. The van der Waals surface area contributed by atoms with E-state index in [4.69, 9.17) is 1.37 Å². The van der Waals surface area contributed by atoms with Crippen molar-refractivity contribution >= 4 is 0 Å². The maximum atomic E-state index is 8.08. The Hall–Kier alpha value is -0.820. The molecular formula is C12H17N. The molecule has 0 spiro atoms. The average Bonchev–Trinajstić information content (AvgIpc) is 3.00. The largest absolute Gasteiger partial charge is 0.310 e. The second-order valence-electron chi connectivity index (χ2n) is 3.80. The van der Waals surface area contributed by atoms with Crippen LogP contribution in [0.1, 0.15) is 26.7 Å². The van der Waals surface area contributed by atoms with Crippen LogP contribution in [0.3, 0.4) is 0 Å². The van der Waals surface area contributed by atoms with Crippen LogP contribution in [0, 0.1) is 5.92 Å². The molecule has 1 fully saturated rings. The van der Waals surface area contributed by atoms with Crippen LogP contribution in [0.5, 0.6) is 0 Å². The first-order chi connectivity index (χ1) is 6.68. The van der Waals surface area contributed by atoms with Crippen LogP contribution in [0.4, 0.5) is 0 Å². The van der Waals surface area contributed by atoms with Gasteiger partial charge < -0.3 is 5.32 Å². The van der Waals surface area contributed by atoms with Gasteiger partial charge in [-0.15, -0.1) is 0 Å². The van der Waals surface area contributed by atoms with Gasteiger partial charge >= 0.3 is 0 Å². The lowest BCUT2D eigenvalue weighted by Gasteiger charge is -2.12. The highest BCUT2D eigenvalue weighted by Crippen LogP contribution is 2.32. The van der Waals surface area contributed by atoms with Crippen molar-refractivity contribution < 1.29 is 1.37 Å². The van der Waals surface area contributed by atoms with Gasteiger partial charge in [0.1, 0.15) is 0 Å². The Morgan fingerprint density at radius 3 is 2.77 bits per heavy atom. The van der Waals surface area contributed by atoms with Gasteiger partial charge in [0, 0.05) is 13.9 Å². The smallest absolute Gasteiger partial charge is 0.0465 e. The number of rotatable bonds is 4. The Morgan fingerprint density at radius 2 is 2.15 bits per heavy atom. The van der Waals surface area contributed by atoms with Crippen molar-refractivity contribution in [1.82, 2.24) is 5.32 Å². The van der Waals surface area contributed by atoms with E-state index in [9.17, 15) is 0 Å². The van der Waals surface area contributed by atoms with Gasteiger partial charge in [0.2, 0.25) is 0 Å². The monoisotopic (exact) mass is 176 g/mol. The van der Waals surface area contributed by atoms with Gasteiger partial charge in [-0.25, -0.2) is 0 Å². The molecule has 1 aliphatic carbocycles. The Kier molecular flexibility index (Phi) is 2.29. The zero-order chi connectivity index (χ0) is 10.0. The summed E-state index contributed by atoms with van der Waals surface area (Å²) in [6.07, 6.45) is 2.42. The van der Waals surface area contributed by atoms with Gasteiger partial charge in [0.05, 0.1) is 0 Å². The van der Waals surface area contributed by atoms with E-state index in [1.807, 2.05) is 25.1 Å². The number of hydrogen-bond acceptors (Lipinski definition) is 1. The van der Waals surface area contributed by atoms with E-state index >= 15 is 0 Å². The fourth-order valence-electron chi connectivity index (χ4n) is 1.50. The van der Waals surface area contributed by atoms with Crippen LogP contribution in [-0.4, -0.2) is 6.02 Å². The van der Waals surface area contributed by atoms with E-state index in [0.717, 1.165) is 6.54 Å². The lowest BCUT2D eigenvalue weighted by Crippen LogP contribution is -2.27. The van der Waals surface area contributed by atoms with Gasteiger partial charge in [-0.1, -0.05) is 30.3 Å². The van der Waals surface area contributed by atoms with Crippen LogP contribution < -0.4 is 5.32 Å². The van der Waals surface area contributed by atoms with Crippen molar-refractivity contribution in [2.24, 2.45) is 5.92 Å². The van der Waals surface area contributed by atoms with E-state index in [2.05, 4.69) is 17.4 Å². The van der Waals surface area contributed by atoms with Crippen LogP contribution in [0.2, 0.25) is 0 Å². The fraction of sp³-hybridized carbons (Fsp3) is 0.500. The maximum Gasteiger partial charge on any atom is 0.0465 e. The summed E-state index contributed by atoms with van der Waals surface area (Å²) in [6, 6.07) is 9.84. The molecular weight excluding hydrogens is 158 g/mol. The topological polar surface area (TPSA) is 12.0 Å². The van der Waals surface area contributed by atoms with Crippen molar-refractivity contribution in [3.8, 4) is 0 Å². The third-order valence-electron chi connectivity index (χ3n) is 2.60. The first kappa shape index (κ1) is 7.57. The highest BCUT2D eigenvalue weighted by molar-refractivity contribution is 5.14. The highest BCUT2D eigenvalue weighted by Gasteiger charge is 2.27. The maximum absolute atomic E-state index is 8.08. The summed E-state index contributed by atoms with van der Waals surface area (Å²) in [7, 11) is 0. The summed E-state index contributed by atoms with van der Waals surface area (Å²) >= 11 is 0. The summed E-state index contributed by atoms with van der Waals surface area (Å²) in [5.41, 5.74) is 1.26. The molecule has 0 aliphatic heterocycles. The molecule has 1 N–H and O–H groups in total. The van der Waals surface area contributed by atoms with Gasteiger partial charge in [-0.2, -0.15) is 0 Å². The second kappa shape index (κ2) is 3.93. The van der Waals surface area contributed by atoms with Crippen LogP contribution in [0.15, 0.2) is 30.3 Å². The number of nitrogens with one attached hydrogen (secondary N) is 1. The van der Waals surface area contributed by atoms with Crippen molar-refractivity contribution in [3.63, 3.8) is 0 Å². The molecule has 13 heavy (non-hydrogen) atoms. The third-order valence-corrected chi connectivity index (χ3v) is 2.60. The van der Waals surface area contributed by atoms with E-state index in [0.29, 0.717) is 5.92 Å². The zero-order valence-electron chi connectivity index (χ0n) is 9.09. The van der Waals surface area contributed by atoms with Crippen molar-refractivity contribution in [2.75, 3.05) is 0 Å². The lowest BCUT2D eigenvalue weighted by molar-refractivity contribution is 0.496. The minimum atomic E-state index is -0.435.